The summed E-state index contributed by atoms with van der Waals surface area (Å²) in [4.78, 5) is 12.6. The largest absolute Gasteiger partial charge is 0.438 e. The summed E-state index contributed by atoms with van der Waals surface area (Å²) in [6.45, 7) is 3.62. The lowest BCUT2D eigenvalue weighted by Gasteiger charge is -2.32. The van der Waals surface area contributed by atoms with E-state index in [9.17, 15) is 23.1 Å². The van der Waals surface area contributed by atoms with Gasteiger partial charge in [-0.15, -0.1) is 0 Å². The third kappa shape index (κ3) is 3.73. The van der Waals surface area contributed by atoms with E-state index in [2.05, 4.69) is 5.10 Å². The number of amides is 1. The lowest BCUT2D eigenvalue weighted by atomic mass is 9.99. The zero-order chi connectivity index (χ0) is 19.8. The molecule has 0 saturated carbocycles. The Kier molecular flexibility index (Phi) is 4.82. The fourth-order valence-electron chi connectivity index (χ4n) is 3.09. The summed E-state index contributed by atoms with van der Waals surface area (Å²) in [6.07, 6.45) is -6.13. The second-order valence-corrected chi connectivity index (χ2v) is 6.78. The minimum absolute atomic E-state index is 0.0242. The fourth-order valence-corrected chi connectivity index (χ4v) is 3.09. The molecular formula is C20H19F3N2O2. The summed E-state index contributed by atoms with van der Waals surface area (Å²) < 4.78 is 40.8. The van der Waals surface area contributed by atoms with Gasteiger partial charge in [0.1, 0.15) is 0 Å². The minimum Gasteiger partial charge on any atom is -0.362 e. The number of hydrogen-bond acceptors (Lipinski definition) is 3. The molecule has 7 heteroatoms. The van der Waals surface area contributed by atoms with Crippen LogP contribution in [0.25, 0.3) is 0 Å². The normalized spacial score (nSPS) is 19.9. The van der Waals surface area contributed by atoms with Crippen LogP contribution in [0.5, 0.6) is 0 Å². The topological polar surface area (TPSA) is 52.9 Å². The molecule has 1 unspecified atom stereocenters. The Morgan fingerprint density at radius 1 is 1.15 bits per heavy atom. The summed E-state index contributed by atoms with van der Waals surface area (Å²) in [5.74, 6) is -0.914. The van der Waals surface area contributed by atoms with Crippen molar-refractivity contribution >= 4 is 11.6 Å². The Hall–Kier alpha value is -2.67. The highest BCUT2D eigenvalue weighted by molar-refractivity contribution is 6.03. The molecule has 27 heavy (non-hydrogen) atoms. The molecular weight excluding hydrogens is 357 g/mol. The molecule has 0 spiro atoms. The number of alkyl halides is 3. The zero-order valence-electron chi connectivity index (χ0n) is 14.9. The average molecular weight is 376 g/mol. The first-order chi connectivity index (χ1) is 12.6. The molecule has 0 radical (unpaired) electrons. The van der Waals surface area contributed by atoms with E-state index >= 15 is 0 Å². The summed E-state index contributed by atoms with van der Waals surface area (Å²) in [7, 11) is 0. The molecule has 142 valence electrons. The molecule has 2 aromatic rings. The van der Waals surface area contributed by atoms with Gasteiger partial charge in [0.15, 0.2) is 0 Å². The van der Waals surface area contributed by atoms with Gasteiger partial charge in [0.05, 0.1) is 18.6 Å². The van der Waals surface area contributed by atoms with E-state index in [1.54, 1.807) is 49.4 Å². The summed E-state index contributed by atoms with van der Waals surface area (Å²) in [6, 6.07) is 13.7. The maximum absolute atomic E-state index is 13.6. The average Bonchev–Trinajstić information content (AvgIpc) is 2.94. The molecule has 1 heterocycles. The summed E-state index contributed by atoms with van der Waals surface area (Å²) in [5.41, 5.74) is -0.595. The zero-order valence-corrected chi connectivity index (χ0v) is 14.9. The van der Waals surface area contributed by atoms with Crippen molar-refractivity contribution in [3.63, 3.8) is 0 Å². The molecule has 0 aliphatic carbocycles. The smallest absolute Gasteiger partial charge is 0.362 e. The number of aryl methyl sites for hydroxylation is 2. The van der Waals surface area contributed by atoms with Gasteiger partial charge in [0, 0.05) is 0 Å². The second-order valence-electron chi connectivity index (χ2n) is 6.78. The van der Waals surface area contributed by atoms with Crippen LogP contribution >= 0.6 is 0 Å². The lowest BCUT2D eigenvalue weighted by molar-refractivity contribution is -0.302. The van der Waals surface area contributed by atoms with Gasteiger partial charge >= 0.3 is 6.18 Å². The van der Waals surface area contributed by atoms with Crippen molar-refractivity contribution in [1.29, 1.82) is 0 Å². The molecule has 1 atom stereocenters. The monoisotopic (exact) mass is 376 g/mol. The number of carbonyl (C=O) groups excluding carboxylic acids is 1. The van der Waals surface area contributed by atoms with Crippen molar-refractivity contribution in [2.75, 3.05) is 0 Å². The van der Waals surface area contributed by atoms with Gasteiger partial charge in [-0.1, -0.05) is 59.7 Å². The fraction of sp³-hybridized carbons (Fsp3) is 0.300. The van der Waals surface area contributed by atoms with Crippen LogP contribution in [0, 0.1) is 13.8 Å². The molecule has 4 nitrogen and oxygen atoms in total. The third-order valence-corrected chi connectivity index (χ3v) is 4.46. The predicted octanol–water partition coefficient (Wildman–Crippen LogP) is 3.73. The molecule has 1 N–H and O–H groups in total. The first-order valence-electron chi connectivity index (χ1n) is 8.42. The van der Waals surface area contributed by atoms with E-state index in [0.717, 1.165) is 11.1 Å². The molecule has 0 bridgehead atoms. The Morgan fingerprint density at radius 3 is 2.37 bits per heavy atom. The van der Waals surface area contributed by atoms with Crippen LogP contribution < -0.4 is 0 Å². The van der Waals surface area contributed by atoms with Crippen LogP contribution in [0.15, 0.2) is 53.6 Å². The van der Waals surface area contributed by atoms with E-state index < -0.39 is 24.2 Å². The third-order valence-electron chi connectivity index (χ3n) is 4.46. The van der Waals surface area contributed by atoms with E-state index in [-0.39, 0.29) is 17.1 Å². The van der Waals surface area contributed by atoms with Gasteiger partial charge in [-0.2, -0.15) is 23.3 Å². The molecule has 0 aromatic heterocycles. The molecule has 1 amide bonds. The van der Waals surface area contributed by atoms with E-state index in [1.807, 2.05) is 13.0 Å². The maximum Gasteiger partial charge on any atom is 0.438 e. The van der Waals surface area contributed by atoms with E-state index in [0.29, 0.717) is 11.1 Å². The van der Waals surface area contributed by atoms with Gasteiger partial charge in [-0.3, -0.25) is 4.79 Å². The van der Waals surface area contributed by atoms with Crippen LogP contribution in [0.4, 0.5) is 13.2 Å². The second kappa shape index (κ2) is 6.81. The summed E-state index contributed by atoms with van der Waals surface area (Å²) in [5, 5.41) is 14.4. The van der Waals surface area contributed by atoms with Gasteiger partial charge in [0.2, 0.25) is 5.91 Å². The van der Waals surface area contributed by atoms with Crippen LogP contribution in [0.2, 0.25) is 0 Å². The number of halogens is 3. The minimum atomic E-state index is -5.04. The van der Waals surface area contributed by atoms with Gasteiger partial charge in [-0.25, -0.2) is 0 Å². The maximum atomic E-state index is 13.6. The van der Waals surface area contributed by atoms with Gasteiger partial charge in [0.25, 0.3) is 5.72 Å². The van der Waals surface area contributed by atoms with E-state index in [4.69, 9.17) is 0 Å². The van der Waals surface area contributed by atoms with Crippen molar-refractivity contribution in [2.45, 2.75) is 38.6 Å². The number of hydrogen-bond donors (Lipinski definition) is 1. The number of carbonyl (C=O) groups is 1. The molecule has 0 fully saturated rings. The number of benzene rings is 2. The Bertz CT molecular complexity index is 908. The molecule has 1 aliphatic rings. The molecule has 0 saturated heterocycles. The number of aliphatic hydroxyl groups is 1. The van der Waals surface area contributed by atoms with Crippen LogP contribution in [0.1, 0.15) is 28.7 Å². The van der Waals surface area contributed by atoms with Crippen LogP contribution in [0.3, 0.4) is 0 Å². The predicted molar refractivity (Wildman–Crippen MR) is 95.1 cm³/mol. The highest BCUT2D eigenvalue weighted by Gasteiger charge is 2.63. The van der Waals surface area contributed by atoms with E-state index in [1.165, 1.54) is 0 Å². The lowest BCUT2D eigenvalue weighted by Crippen LogP contribution is -2.57. The highest BCUT2D eigenvalue weighted by Crippen LogP contribution is 2.41. The number of hydrazone groups is 1. The molecule has 1 aliphatic heterocycles. The standard InChI is InChI=1S/C20H19F3N2O2/c1-13-5-3-7-15(9-13)11-18(26)25-19(27,20(21,22)23)12-17(24-25)16-8-4-6-14(2)10-16/h3-10,27H,11-12H2,1-2H3. The van der Waals surface area contributed by atoms with Crippen molar-refractivity contribution in [3.8, 4) is 0 Å². The van der Waals surface area contributed by atoms with Crippen LogP contribution in [-0.2, 0) is 11.2 Å². The Labute approximate surface area is 154 Å². The molecule has 3 rings (SSSR count). The molecule has 2 aromatic carbocycles. The Balaban J connectivity index is 1.96. The quantitative estimate of drug-likeness (QED) is 0.887. The summed E-state index contributed by atoms with van der Waals surface area (Å²) >= 11 is 0. The van der Waals surface area contributed by atoms with Crippen LogP contribution in [-0.4, -0.2) is 33.6 Å². The number of rotatable bonds is 3. The first kappa shape index (κ1) is 19.1. The SMILES string of the molecule is Cc1cccc(CC(=O)N2N=C(c3cccc(C)c3)CC2(O)C(F)(F)F)c1. The van der Waals surface area contributed by atoms with Gasteiger partial charge < -0.3 is 5.11 Å². The highest BCUT2D eigenvalue weighted by atomic mass is 19.4. The number of nitrogens with zero attached hydrogens (tertiary/aromatic N) is 2. The van der Waals surface area contributed by atoms with Crippen molar-refractivity contribution < 1.29 is 23.1 Å². The first-order valence-corrected chi connectivity index (χ1v) is 8.42. The van der Waals surface area contributed by atoms with Gasteiger partial charge in [-0.05, 0) is 25.0 Å². The van der Waals surface area contributed by atoms with Crippen molar-refractivity contribution in [2.24, 2.45) is 5.10 Å². The van der Waals surface area contributed by atoms with Crippen molar-refractivity contribution in [3.05, 3.63) is 70.8 Å². The Morgan fingerprint density at radius 2 is 1.78 bits per heavy atom. The van der Waals surface area contributed by atoms with Crippen molar-refractivity contribution in [1.82, 2.24) is 5.01 Å².